The molecule has 0 saturated heterocycles. The van der Waals surface area contributed by atoms with Crippen molar-refractivity contribution in [1.29, 1.82) is 0 Å². The van der Waals surface area contributed by atoms with Crippen LogP contribution in [0.1, 0.15) is 59.3 Å². The predicted molar refractivity (Wildman–Crippen MR) is 93.0 cm³/mol. The third-order valence-electron chi connectivity index (χ3n) is 7.82. The molecule has 4 aliphatic rings. The Hall–Kier alpha value is -1.78. The van der Waals surface area contributed by atoms with Gasteiger partial charge < -0.3 is 4.74 Å². The molecule has 5 nitrogen and oxygen atoms in total. The fourth-order valence-corrected chi connectivity index (χ4v) is 6.35. The molecule has 0 aromatic carbocycles. The van der Waals surface area contributed by atoms with E-state index < -0.39 is 12.1 Å². The van der Waals surface area contributed by atoms with E-state index in [2.05, 4.69) is 6.92 Å². The van der Waals surface area contributed by atoms with Gasteiger partial charge in [0.15, 0.2) is 17.7 Å². The number of fused-ring (bicyclic) bond motifs is 5. The zero-order chi connectivity index (χ0) is 18.9. The third-order valence-corrected chi connectivity index (χ3v) is 7.82. The minimum atomic E-state index is -0.766. The lowest BCUT2D eigenvalue weighted by Crippen LogP contribution is -2.55. The molecule has 0 aromatic heterocycles. The fraction of sp³-hybridized carbons (Fsp3) is 0.714. The molecule has 0 aliphatic heterocycles. The summed E-state index contributed by atoms with van der Waals surface area (Å²) in [6.07, 6.45) is 4.94. The van der Waals surface area contributed by atoms with Crippen molar-refractivity contribution in [3.63, 3.8) is 0 Å². The second-order valence-electron chi connectivity index (χ2n) is 9.04. The summed E-state index contributed by atoms with van der Waals surface area (Å²) in [6, 6.07) is 0. The smallest absolute Gasteiger partial charge is 0.303 e. The number of allylic oxidation sites excluding steroid dienone is 1. The van der Waals surface area contributed by atoms with Crippen LogP contribution in [0.2, 0.25) is 0 Å². The summed E-state index contributed by atoms with van der Waals surface area (Å²) in [4.78, 5) is 49.7. The number of ether oxygens (including phenoxy) is 1. The van der Waals surface area contributed by atoms with Gasteiger partial charge in [0.05, 0.1) is 0 Å². The van der Waals surface area contributed by atoms with Crippen LogP contribution in [0, 0.1) is 28.6 Å². The van der Waals surface area contributed by atoms with E-state index in [1.54, 1.807) is 0 Å². The van der Waals surface area contributed by atoms with Crippen molar-refractivity contribution in [3.8, 4) is 0 Å². The summed E-state index contributed by atoms with van der Waals surface area (Å²) in [5, 5.41) is 0. The van der Waals surface area contributed by atoms with Crippen LogP contribution in [-0.2, 0) is 23.9 Å². The minimum absolute atomic E-state index is 0.00933. The molecule has 6 atom stereocenters. The first-order valence-electron chi connectivity index (χ1n) is 9.69. The minimum Gasteiger partial charge on any atom is -0.454 e. The monoisotopic (exact) mass is 358 g/mol. The molecule has 0 N–H and O–H groups in total. The van der Waals surface area contributed by atoms with Crippen molar-refractivity contribution in [1.82, 2.24) is 0 Å². The lowest BCUT2D eigenvalue weighted by Gasteiger charge is -2.55. The molecule has 3 saturated carbocycles. The summed E-state index contributed by atoms with van der Waals surface area (Å²) < 4.78 is 5.18. The highest BCUT2D eigenvalue weighted by Crippen LogP contribution is 2.62. The van der Waals surface area contributed by atoms with Crippen molar-refractivity contribution < 1.29 is 23.9 Å². The van der Waals surface area contributed by atoms with Gasteiger partial charge in [0.25, 0.3) is 0 Å². The Morgan fingerprint density at radius 2 is 1.69 bits per heavy atom. The molecule has 5 heteroatoms. The van der Waals surface area contributed by atoms with Crippen molar-refractivity contribution in [2.45, 2.75) is 65.4 Å². The van der Waals surface area contributed by atoms with Gasteiger partial charge in [-0.05, 0) is 55.4 Å². The molecule has 0 aromatic rings. The first-order chi connectivity index (χ1) is 12.2. The molecule has 3 fully saturated rings. The molecule has 0 radical (unpaired) electrons. The number of rotatable bonds is 1. The highest BCUT2D eigenvalue weighted by Gasteiger charge is 2.62. The molecular formula is C21H26O5. The fourth-order valence-electron chi connectivity index (χ4n) is 6.35. The number of hydrogen-bond acceptors (Lipinski definition) is 5. The molecular weight excluding hydrogens is 332 g/mol. The van der Waals surface area contributed by atoms with E-state index in [4.69, 9.17) is 4.74 Å². The highest BCUT2D eigenvalue weighted by molar-refractivity contribution is 6.09. The van der Waals surface area contributed by atoms with E-state index in [-0.39, 0.29) is 40.2 Å². The SMILES string of the molecule is CC(=O)O[C@H]1CC[C@@]2(C)C(=CC(=O)[C@@H]3[C@@H]2CC[C@]2(C)C(=O)CC[C@@H]32)C1=O. The summed E-state index contributed by atoms with van der Waals surface area (Å²) in [5.74, 6) is -0.360. The van der Waals surface area contributed by atoms with Gasteiger partial charge in [0, 0.05) is 30.3 Å². The normalized spacial score (nSPS) is 44.7. The molecule has 4 rings (SSSR count). The van der Waals surface area contributed by atoms with Crippen LogP contribution >= 0.6 is 0 Å². The molecule has 26 heavy (non-hydrogen) atoms. The van der Waals surface area contributed by atoms with Gasteiger partial charge in [-0.3, -0.25) is 19.2 Å². The number of Topliss-reactive ketones (excluding diaryl/α,β-unsaturated/α-hetero) is 2. The van der Waals surface area contributed by atoms with Crippen LogP contribution in [0.5, 0.6) is 0 Å². The number of esters is 1. The number of carbonyl (C=O) groups is 4. The van der Waals surface area contributed by atoms with Gasteiger partial charge in [-0.15, -0.1) is 0 Å². The summed E-state index contributed by atoms with van der Waals surface area (Å²) >= 11 is 0. The average Bonchev–Trinajstić information content (AvgIpc) is 2.88. The van der Waals surface area contributed by atoms with Crippen LogP contribution in [-0.4, -0.2) is 29.4 Å². The summed E-state index contributed by atoms with van der Waals surface area (Å²) in [5.41, 5.74) is -0.203. The Kier molecular flexibility index (Phi) is 3.80. The summed E-state index contributed by atoms with van der Waals surface area (Å²) in [7, 11) is 0. The van der Waals surface area contributed by atoms with Crippen molar-refractivity contribution in [2.24, 2.45) is 28.6 Å². The van der Waals surface area contributed by atoms with Crippen molar-refractivity contribution >= 4 is 23.3 Å². The van der Waals surface area contributed by atoms with E-state index in [1.165, 1.54) is 13.0 Å². The van der Waals surface area contributed by atoms with Gasteiger partial charge >= 0.3 is 5.97 Å². The molecule has 140 valence electrons. The maximum Gasteiger partial charge on any atom is 0.303 e. The Bertz CT molecular complexity index is 750. The van der Waals surface area contributed by atoms with Crippen molar-refractivity contribution in [3.05, 3.63) is 11.6 Å². The van der Waals surface area contributed by atoms with Gasteiger partial charge in [0.1, 0.15) is 5.78 Å². The first kappa shape index (κ1) is 17.6. The van der Waals surface area contributed by atoms with E-state index >= 15 is 0 Å². The van der Waals surface area contributed by atoms with Crippen LogP contribution in [0.4, 0.5) is 0 Å². The van der Waals surface area contributed by atoms with Gasteiger partial charge in [-0.2, -0.15) is 0 Å². The molecule has 0 bridgehead atoms. The first-order valence-corrected chi connectivity index (χ1v) is 9.69. The molecule has 4 aliphatic carbocycles. The number of ketones is 3. The van der Waals surface area contributed by atoms with Crippen molar-refractivity contribution in [2.75, 3.05) is 0 Å². The predicted octanol–water partition coefficient (Wildman–Crippen LogP) is 2.81. The standard InChI is InChI=1S/C21H26O5/c1-11(22)26-16-7-9-20(2)13-6-8-21(3)12(4-5-17(21)24)18(13)15(23)10-14(20)19(16)25/h10,12-13,16,18H,4-9H2,1-3H3/t12-,13-,16-,18-,20+,21-/m0/s1. The van der Waals surface area contributed by atoms with E-state index in [1.807, 2.05) is 6.92 Å². The second kappa shape index (κ2) is 5.61. The van der Waals surface area contributed by atoms with Crippen LogP contribution in [0.3, 0.4) is 0 Å². The lowest BCUT2D eigenvalue weighted by molar-refractivity contribution is -0.156. The third kappa shape index (κ3) is 2.21. The molecule has 0 heterocycles. The number of carbonyl (C=O) groups excluding carboxylic acids is 4. The Morgan fingerprint density at radius 1 is 1.04 bits per heavy atom. The Balaban J connectivity index is 1.72. The van der Waals surface area contributed by atoms with E-state index in [0.29, 0.717) is 24.2 Å². The van der Waals surface area contributed by atoms with Crippen LogP contribution in [0.15, 0.2) is 11.6 Å². The highest BCUT2D eigenvalue weighted by atomic mass is 16.5. The second-order valence-corrected chi connectivity index (χ2v) is 9.04. The zero-order valence-electron chi connectivity index (χ0n) is 15.7. The maximum absolute atomic E-state index is 13.0. The Morgan fingerprint density at radius 3 is 2.38 bits per heavy atom. The summed E-state index contributed by atoms with van der Waals surface area (Å²) in [6.45, 7) is 5.42. The molecule has 0 amide bonds. The van der Waals surface area contributed by atoms with Gasteiger partial charge in [0.2, 0.25) is 0 Å². The lowest BCUT2D eigenvalue weighted by atomic mass is 9.47. The zero-order valence-corrected chi connectivity index (χ0v) is 15.7. The average molecular weight is 358 g/mol. The Labute approximate surface area is 153 Å². The van der Waals surface area contributed by atoms with E-state index in [9.17, 15) is 19.2 Å². The topological polar surface area (TPSA) is 77.5 Å². The van der Waals surface area contributed by atoms with Crippen LogP contribution < -0.4 is 0 Å². The molecule has 0 spiro atoms. The van der Waals surface area contributed by atoms with E-state index in [0.717, 1.165) is 25.7 Å². The number of hydrogen-bond donors (Lipinski definition) is 0. The molecule has 0 unspecified atom stereocenters. The largest absolute Gasteiger partial charge is 0.454 e. The van der Waals surface area contributed by atoms with Gasteiger partial charge in [-0.1, -0.05) is 13.8 Å². The quantitative estimate of drug-likeness (QED) is 0.674. The maximum atomic E-state index is 13.0. The van der Waals surface area contributed by atoms with Crippen LogP contribution in [0.25, 0.3) is 0 Å². The van der Waals surface area contributed by atoms with Gasteiger partial charge in [-0.25, -0.2) is 0 Å².